The molecule has 10 atom stereocenters. The van der Waals surface area contributed by atoms with Crippen molar-refractivity contribution >= 4 is 0 Å². The summed E-state index contributed by atoms with van der Waals surface area (Å²) < 4.78 is 7.75. The van der Waals surface area contributed by atoms with E-state index in [0.29, 0.717) is 0 Å². The molecule has 5 aliphatic carbocycles. The second-order valence-electron chi connectivity index (χ2n) is 21.5. The fourth-order valence-corrected chi connectivity index (χ4v) is 14.6. The first-order chi connectivity index (χ1) is 28.0. The van der Waals surface area contributed by atoms with Crippen molar-refractivity contribution in [2.75, 3.05) is 78.5 Å². The number of allylic oxidation sites excluding steroid dienone is 10. The van der Waals surface area contributed by atoms with Gasteiger partial charge in [0.2, 0.25) is 0 Å². The highest BCUT2D eigenvalue weighted by atomic mass is 16.5. The third-order valence-corrected chi connectivity index (χ3v) is 17.3. The Morgan fingerprint density at radius 1 is 0.448 bits per heavy atom. The Morgan fingerprint density at radius 3 is 1.17 bits per heavy atom. The molecular weight excluding hydrogens is 709 g/mol. The molecule has 5 saturated carbocycles. The van der Waals surface area contributed by atoms with Gasteiger partial charge in [-0.25, -0.2) is 0 Å². The lowest BCUT2D eigenvalue weighted by atomic mass is 9.54. The fourth-order valence-electron chi connectivity index (χ4n) is 14.6. The fraction of sp³-hybridized carbons (Fsp3) is 0.774. The molecule has 10 unspecified atom stereocenters. The minimum absolute atomic E-state index is 0.241. The van der Waals surface area contributed by atoms with E-state index in [-0.39, 0.29) is 11.2 Å². The van der Waals surface area contributed by atoms with E-state index in [1.165, 1.54) is 141 Å². The number of hydrogen-bond donors (Lipinski definition) is 0. The third kappa shape index (κ3) is 8.53. The molecule has 5 nitrogen and oxygen atoms in total. The van der Waals surface area contributed by atoms with E-state index < -0.39 is 0 Å². The summed E-state index contributed by atoms with van der Waals surface area (Å²) in [6.45, 7) is 32.7. The van der Waals surface area contributed by atoms with Crippen molar-refractivity contribution in [3.05, 3.63) is 69.9 Å². The van der Waals surface area contributed by atoms with Gasteiger partial charge in [-0.15, -0.1) is 0 Å². The normalized spacial score (nSPS) is 37.2. The predicted molar refractivity (Wildman–Crippen MR) is 245 cm³/mol. The van der Waals surface area contributed by atoms with Gasteiger partial charge in [-0.2, -0.15) is 0 Å². The lowest BCUT2D eigenvalue weighted by Gasteiger charge is -2.48. The van der Waals surface area contributed by atoms with E-state index in [1.54, 1.807) is 28.7 Å². The van der Waals surface area contributed by atoms with Gasteiger partial charge in [-0.3, -0.25) is 9.80 Å². The molecule has 9 rings (SSSR count). The number of nitrogens with zero attached hydrogens (tertiary/aromatic N) is 4. The van der Waals surface area contributed by atoms with E-state index in [4.69, 9.17) is 4.74 Å². The zero-order valence-corrected chi connectivity index (χ0v) is 38.5. The van der Waals surface area contributed by atoms with Crippen LogP contribution in [-0.2, 0) is 4.74 Å². The number of piperazine rings is 2. The molecule has 0 spiro atoms. The summed E-state index contributed by atoms with van der Waals surface area (Å²) in [4.78, 5) is 11.0. The SMILES string of the molecule is CC(C)=CCC/C(C)=C\CC/C(C)=C\CN1CCN(CCC23OC4(CCN5CCN(C/C=C(\C)CC/C=C(\C)CCC=C(C)C)CC5)C5C6CC(C7C6C4C72)C53)CC1. The van der Waals surface area contributed by atoms with Crippen molar-refractivity contribution in [3.63, 3.8) is 0 Å². The molecule has 58 heavy (non-hydrogen) atoms. The van der Waals surface area contributed by atoms with Gasteiger partial charge in [0.25, 0.3) is 0 Å². The second kappa shape index (κ2) is 18.3. The summed E-state index contributed by atoms with van der Waals surface area (Å²) in [5.41, 5.74) is 9.54. The molecule has 9 fully saturated rings. The van der Waals surface area contributed by atoms with Crippen LogP contribution in [-0.4, -0.2) is 109 Å². The van der Waals surface area contributed by atoms with Crippen LogP contribution in [0.3, 0.4) is 0 Å². The molecule has 0 aromatic rings. The Morgan fingerprint density at radius 2 is 0.793 bits per heavy atom. The molecule has 0 amide bonds. The van der Waals surface area contributed by atoms with Crippen LogP contribution in [0.15, 0.2) is 69.9 Å². The van der Waals surface area contributed by atoms with Crippen LogP contribution >= 0.6 is 0 Å². The van der Waals surface area contributed by atoms with Crippen LogP contribution in [0.25, 0.3) is 0 Å². The zero-order valence-electron chi connectivity index (χ0n) is 38.5. The van der Waals surface area contributed by atoms with Gasteiger partial charge >= 0.3 is 0 Å². The molecule has 0 aromatic carbocycles. The van der Waals surface area contributed by atoms with Gasteiger partial charge < -0.3 is 14.5 Å². The average Bonchev–Trinajstić information content (AvgIpc) is 3.88. The Kier molecular flexibility index (Phi) is 13.5. The number of ether oxygens (including phenoxy) is 1. The average molecular weight is 793 g/mol. The standard InChI is InChI=1S/C53H84N4O/c1-38(2)13-9-15-40(5)17-11-19-42(7)21-25-54-29-33-56(34-30-54)27-23-52-48-44-37-45-47-46(44)50(52)51(47)53(58-52,49(45)48)24-28-57-35-31-55(32-36-57)26-22-43(8)20-12-18-41(6)16-10-14-39(3)4/h13-14,17-18,21-22,44-51H,9-12,15-16,19-20,23-37H2,1-8H3/b40-17-,41-18+,42-21-,43-22+. The van der Waals surface area contributed by atoms with E-state index in [9.17, 15) is 0 Å². The lowest BCUT2D eigenvalue weighted by Crippen LogP contribution is -2.54. The highest BCUT2D eigenvalue weighted by molar-refractivity contribution is 5.43. The topological polar surface area (TPSA) is 22.2 Å². The molecule has 4 heterocycles. The second-order valence-corrected chi connectivity index (χ2v) is 21.5. The smallest absolute Gasteiger partial charge is 0.0771 e. The Hall–Kier alpha value is -1.76. The third-order valence-electron chi connectivity index (χ3n) is 17.3. The quantitative estimate of drug-likeness (QED) is 0.102. The molecular formula is C53H84N4O. The first-order valence-electron chi connectivity index (χ1n) is 24.5. The maximum atomic E-state index is 7.75. The Labute approximate surface area is 356 Å². The monoisotopic (exact) mass is 793 g/mol. The lowest BCUT2D eigenvalue weighted by molar-refractivity contribution is -0.0866. The van der Waals surface area contributed by atoms with Gasteiger partial charge in [0.05, 0.1) is 11.2 Å². The molecule has 0 N–H and O–H groups in total. The zero-order chi connectivity index (χ0) is 40.6. The molecule has 4 aliphatic heterocycles. The summed E-state index contributed by atoms with van der Waals surface area (Å²) in [5, 5.41) is 0. The van der Waals surface area contributed by atoms with E-state index >= 15 is 0 Å². The van der Waals surface area contributed by atoms with Gasteiger partial charge in [0.15, 0.2) is 0 Å². The number of rotatable bonds is 22. The Bertz CT molecular complexity index is 1500. The minimum atomic E-state index is 0.241. The molecule has 5 heteroatoms. The molecule has 322 valence electrons. The predicted octanol–water partition coefficient (Wildman–Crippen LogP) is 10.7. The van der Waals surface area contributed by atoms with Gasteiger partial charge in [-0.05, 0) is 173 Å². The van der Waals surface area contributed by atoms with Crippen molar-refractivity contribution in [3.8, 4) is 0 Å². The van der Waals surface area contributed by atoms with E-state index in [2.05, 4.69) is 111 Å². The van der Waals surface area contributed by atoms with Crippen LogP contribution in [0, 0.1) is 47.3 Å². The summed E-state index contributed by atoms with van der Waals surface area (Å²) in [5.74, 6) is 7.76. The van der Waals surface area contributed by atoms with Crippen LogP contribution in [0.5, 0.6) is 0 Å². The maximum Gasteiger partial charge on any atom is 0.0771 e. The van der Waals surface area contributed by atoms with Crippen molar-refractivity contribution in [1.82, 2.24) is 19.6 Å². The van der Waals surface area contributed by atoms with Gasteiger partial charge in [0.1, 0.15) is 0 Å². The van der Waals surface area contributed by atoms with Crippen molar-refractivity contribution in [1.29, 1.82) is 0 Å². The minimum Gasteiger partial charge on any atom is -0.367 e. The van der Waals surface area contributed by atoms with E-state index in [1.807, 2.05) is 0 Å². The summed E-state index contributed by atoms with van der Waals surface area (Å²) in [6.07, 6.45) is 28.4. The largest absolute Gasteiger partial charge is 0.367 e. The molecule has 4 saturated heterocycles. The Balaban J connectivity index is 0.751. The highest BCUT2D eigenvalue weighted by Gasteiger charge is 2.96. The van der Waals surface area contributed by atoms with E-state index in [0.717, 1.165) is 60.4 Å². The summed E-state index contributed by atoms with van der Waals surface area (Å²) in [6, 6.07) is 0. The van der Waals surface area contributed by atoms with Crippen LogP contribution in [0.2, 0.25) is 0 Å². The van der Waals surface area contributed by atoms with Crippen molar-refractivity contribution in [2.24, 2.45) is 47.3 Å². The van der Waals surface area contributed by atoms with Crippen LogP contribution in [0.4, 0.5) is 0 Å². The van der Waals surface area contributed by atoms with Gasteiger partial charge in [0, 0.05) is 78.5 Å². The van der Waals surface area contributed by atoms with Gasteiger partial charge in [-0.1, -0.05) is 69.9 Å². The maximum absolute atomic E-state index is 7.75. The highest BCUT2D eigenvalue weighted by Crippen LogP contribution is 2.94. The molecule has 9 aliphatic rings. The summed E-state index contributed by atoms with van der Waals surface area (Å²) in [7, 11) is 0. The molecule has 0 aromatic heterocycles. The first-order valence-corrected chi connectivity index (χ1v) is 24.5. The first kappa shape index (κ1) is 42.9. The molecule has 4 bridgehead atoms. The van der Waals surface area contributed by atoms with Crippen molar-refractivity contribution < 1.29 is 4.74 Å². The summed E-state index contributed by atoms with van der Waals surface area (Å²) >= 11 is 0. The van der Waals surface area contributed by atoms with Crippen LogP contribution < -0.4 is 0 Å². The molecule has 0 radical (unpaired) electrons. The van der Waals surface area contributed by atoms with Crippen LogP contribution in [0.1, 0.15) is 126 Å². The van der Waals surface area contributed by atoms with Crippen molar-refractivity contribution in [2.45, 2.75) is 137 Å². The number of hydrogen-bond acceptors (Lipinski definition) is 5.